The maximum Gasteiger partial charge on any atom is 0.244 e. The van der Waals surface area contributed by atoms with Crippen LogP contribution in [0.4, 0.5) is 5.13 Å². The average Bonchev–Trinajstić information content (AvgIpc) is 2.88. The fraction of sp³-hybridized carbons (Fsp3) is 0.429. The van der Waals surface area contributed by atoms with Crippen LogP contribution in [0.25, 0.3) is 10.2 Å². The first-order valence-electron chi connectivity index (χ1n) is 7.08. The van der Waals surface area contributed by atoms with Gasteiger partial charge in [0.05, 0.1) is 16.5 Å². The van der Waals surface area contributed by atoms with Crippen LogP contribution in [0.5, 0.6) is 0 Å². The summed E-state index contributed by atoms with van der Waals surface area (Å²) in [7, 11) is -3.38. The lowest BCUT2D eigenvalue weighted by molar-refractivity contribution is -0.120. The molecule has 1 N–H and O–H groups in total. The molecule has 0 spiro atoms. The topological polar surface area (TPSA) is 79.4 Å². The molecule has 0 saturated carbocycles. The number of thiazole rings is 1. The molecule has 3 rings (SSSR count). The number of fused-ring (bicyclic) bond motifs is 1. The maximum atomic E-state index is 12.5. The lowest BCUT2D eigenvalue weighted by Gasteiger charge is -2.32. The Bertz CT molecular complexity index is 768. The number of hydrogen-bond acceptors (Lipinski definition) is 5. The van der Waals surface area contributed by atoms with Gasteiger partial charge in [0.15, 0.2) is 5.13 Å². The van der Waals surface area contributed by atoms with E-state index in [1.54, 1.807) is 0 Å². The molecule has 2 heterocycles. The smallest absolute Gasteiger partial charge is 0.244 e. The molecule has 0 bridgehead atoms. The van der Waals surface area contributed by atoms with Crippen molar-refractivity contribution >= 4 is 42.6 Å². The third-order valence-corrected chi connectivity index (χ3v) is 5.95. The molecule has 1 aliphatic heterocycles. The third kappa shape index (κ3) is 3.13. The van der Waals surface area contributed by atoms with Gasteiger partial charge in [0, 0.05) is 6.54 Å². The van der Waals surface area contributed by atoms with Gasteiger partial charge in [0.25, 0.3) is 0 Å². The minimum absolute atomic E-state index is 0.302. The molecule has 1 fully saturated rings. The molecule has 2 aromatic rings. The average molecular weight is 339 g/mol. The normalized spacial score (nSPS) is 20.1. The molecule has 1 amide bonds. The first-order chi connectivity index (χ1) is 10.4. The van der Waals surface area contributed by atoms with Crippen LogP contribution >= 0.6 is 11.3 Å². The zero-order valence-electron chi connectivity index (χ0n) is 12.2. The fourth-order valence-corrected chi connectivity index (χ4v) is 4.67. The number of carbonyl (C=O) groups excluding carboxylic acids is 1. The number of para-hydroxylation sites is 1. The van der Waals surface area contributed by atoms with Crippen LogP contribution in [0.15, 0.2) is 24.3 Å². The third-order valence-electron chi connectivity index (χ3n) is 3.71. The van der Waals surface area contributed by atoms with E-state index in [9.17, 15) is 13.2 Å². The summed E-state index contributed by atoms with van der Waals surface area (Å²) in [6.07, 6.45) is 3.34. The van der Waals surface area contributed by atoms with E-state index < -0.39 is 16.1 Å². The van der Waals surface area contributed by atoms with Crippen LogP contribution in [0.1, 0.15) is 19.3 Å². The van der Waals surface area contributed by atoms with Gasteiger partial charge in [0.1, 0.15) is 6.04 Å². The maximum absolute atomic E-state index is 12.5. The van der Waals surface area contributed by atoms with Gasteiger partial charge >= 0.3 is 0 Å². The molecular weight excluding hydrogens is 322 g/mol. The van der Waals surface area contributed by atoms with Gasteiger partial charge in [-0.05, 0) is 25.0 Å². The molecule has 1 aromatic heterocycles. The van der Waals surface area contributed by atoms with E-state index in [1.165, 1.54) is 15.6 Å². The molecule has 0 unspecified atom stereocenters. The van der Waals surface area contributed by atoms with Crippen molar-refractivity contribution in [3.8, 4) is 0 Å². The van der Waals surface area contributed by atoms with Gasteiger partial charge in [-0.15, -0.1) is 0 Å². The number of nitrogens with zero attached hydrogens (tertiary/aromatic N) is 2. The predicted octanol–water partition coefficient (Wildman–Crippen LogP) is 2.05. The quantitative estimate of drug-likeness (QED) is 0.928. The van der Waals surface area contributed by atoms with Crippen LogP contribution < -0.4 is 5.32 Å². The molecule has 0 radical (unpaired) electrons. The summed E-state index contributed by atoms with van der Waals surface area (Å²) in [6, 6.07) is 6.98. The lowest BCUT2D eigenvalue weighted by Crippen LogP contribution is -2.49. The van der Waals surface area contributed by atoms with Crippen LogP contribution in [0, 0.1) is 0 Å². The van der Waals surface area contributed by atoms with Gasteiger partial charge in [0.2, 0.25) is 15.9 Å². The van der Waals surface area contributed by atoms with E-state index in [1.807, 2.05) is 24.3 Å². The van der Waals surface area contributed by atoms with Gasteiger partial charge in [-0.1, -0.05) is 29.9 Å². The summed E-state index contributed by atoms with van der Waals surface area (Å²) < 4.78 is 25.9. The highest BCUT2D eigenvalue weighted by Crippen LogP contribution is 2.27. The number of piperidine rings is 1. The molecule has 1 saturated heterocycles. The molecule has 0 aliphatic carbocycles. The van der Waals surface area contributed by atoms with E-state index in [4.69, 9.17) is 0 Å². The van der Waals surface area contributed by atoms with Gasteiger partial charge < -0.3 is 5.32 Å². The predicted molar refractivity (Wildman–Crippen MR) is 87.4 cm³/mol. The van der Waals surface area contributed by atoms with Crippen LogP contribution in [-0.4, -0.2) is 42.5 Å². The zero-order valence-corrected chi connectivity index (χ0v) is 13.8. The lowest BCUT2D eigenvalue weighted by atomic mass is 10.0. The van der Waals surface area contributed by atoms with Crippen molar-refractivity contribution in [1.82, 2.24) is 9.29 Å². The largest absolute Gasteiger partial charge is 0.301 e. The van der Waals surface area contributed by atoms with E-state index in [-0.39, 0.29) is 5.91 Å². The standard InChI is InChI=1S/C14H17N3O3S2/c1-22(19,20)17-9-5-4-7-11(17)13(18)16-14-15-10-6-2-3-8-12(10)21-14/h2-3,6,8,11H,4-5,7,9H2,1H3,(H,15,16,18)/t11-/m0/s1. The molecule has 1 atom stereocenters. The second-order valence-corrected chi connectivity index (χ2v) is 8.33. The van der Waals surface area contributed by atoms with E-state index in [0.717, 1.165) is 29.3 Å². The second kappa shape index (κ2) is 5.94. The zero-order chi connectivity index (χ0) is 15.7. The molecule has 22 heavy (non-hydrogen) atoms. The number of hydrogen-bond donors (Lipinski definition) is 1. The Morgan fingerprint density at radius 1 is 1.36 bits per heavy atom. The first kappa shape index (κ1) is 15.4. The van der Waals surface area contributed by atoms with Crippen LogP contribution in [-0.2, 0) is 14.8 Å². The second-order valence-electron chi connectivity index (χ2n) is 5.36. The van der Waals surface area contributed by atoms with Gasteiger partial charge in [-0.3, -0.25) is 4.79 Å². The van der Waals surface area contributed by atoms with E-state index in [0.29, 0.717) is 18.1 Å². The SMILES string of the molecule is CS(=O)(=O)N1CCCC[C@H]1C(=O)Nc1nc2ccccc2s1. The monoisotopic (exact) mass is 339 g/mol. The molecular formula is C14H17N3O3S2. The summed E-state index contributed by atoms with van der Waals surface area (Å²) in [5, 5.41) is 3.27. The number of benzene rings is 1. The highest BCUT2D eigenvalue weighted by molar-refractivity contribution is 7.88. The Labute approximate surface area is 133 Å². The summed E-state index contributed by atoms with van der Waals surface area (Å²) in [4.78, 5) is 16.8. The summed E-state index contributed by atoms with van der Waals surface area (Å²) >= 11 is 1.39. The van der Waals surface area contributed by atoms with E-state index >= 15 is 0 Å². The minimum atomic E-state index is -3.38. The number of aromatic nitrogens is 1. The number of nitrogens with one attached hydrogen (secondary N) is 1. The Kier molecular flexibility index (Phi) is 4.16. The van der Waals surface area contributed by atoms with Crippen molar-refractivity contribution in [2.24, 2.45) is 0 Å². The van der Waals surface area contributed by atoms with Crippen LogP contribution in [0.3, 0.4) is 0 Å². The number of carbonyl (C=O) groups is 1. The van der Waals surface area contributed by atoms with Gasteiger partial charge in [-0.2, -0.15) is 4.31 Å². The highest BCUT2D eigenvalue weighted by Gasteiger charge is 2.34. The number of anilines is 1. The van der Waals surface area contributed by atoms with Crippen molar-refractivity contribution in [3.63, 3.8) is 0 Å². The Morgan fingerprint density at radius 3 is 2.86 bits per heavy atom. The molecule has 6 nitrogen and oxygen atoms in total. The number of rotatable bonds is 3. The minimum Gasteiger partial charge on any atom is -0.301 e. The summed E-state index contributed by atoms with van der Waals surface area (Å²) in [6.45, 7) is 0.400. The van der Waals surface area contributed by atoms with Crippen molar-refractivity contribution in [1.29, 1.82) is 0 Å². The Balaban J connectivity index is 1.80. The van der Waals surface area contributed by atoms with Crippen LogP contribution in [0.2, 0.25) is 0 Å². The summed E-state index contributed by atoms with van der Waals surface area (Å²) in [5.74, 6) is -0.302. The van der Waals surface area contributed by atoms with Crippen molar-refractivity contribution < 1.29 is 13.2 Å². The van der Waals surface area contributed by atoms with Crippen molar-refractivity contribution in [2.75, 3.05) is 18.1 Å². The van der Waals surface area contributed by atoms with Crippen molar-refractivity contribution in [3.05, 3.63) is 24.3 Å². The Hall–Kier alpha value is -1.51. The first-order valence-corrected chi connectivity index (χ1v) is 9.75. The highest BCUT2D eigenvalue weighted by atomic mass is 32.2. The number of amides is 1. The molecule has 118 valence electrons. The molecule has 8 heteroatoms. The number of sulfonamides is 1. The van der Waals surface area contributed by atoms with Gasteiger partial charge in [-0.25, -0.2) is 13.4 Å². The summed E-state index contributed by atoms with van der Waals surface area (Å²) in [5.41, 5.74) is 0.825. The Morgan fingerprint density at radius 2 is 2.14 bits per heavy atom. The fourth-order valence-electron chi connectivity index (χ4n) is 2.68. The van der Waals surface area contributed by atoms with Crippen molar-refractivity contribution in [2.45, 2.75) is 25.3 Å². The molecule has 1 aromatic carbocycles. The van der Waals surface area contributed by atoms with E-state index in [2.05, 4.69) is 10.3 Å². The molecule has 1 aliphatic rings.